The van der Waals surface area contributed by atoms with Gasteiger partial charge in [0.15, 0.2) is 0 Å². The quantitative estimate of drug-likeness (QED) is 0.673. The summed E-state index contributed by atoms with van der Waals surface area (Å²) in [7, 11) is 0. The molecule has 11 heavy (non-hydrogen) atoms. The summed E-state index contributed by atoms with van der Waals surface area (Å²) in [5, 5.41) is 1.12. The van der Waals surface area contributed by atoms with Gasteiger partial charge in [0.05, 0.1) is 15.2 Å². The maximum atomic E-state index is 4.36. The normalized spacial score (nSPS) is 10.7. The van der Waals surface area contributed by atoms with E-state index in [1.54, 1.807) is 11.3 Å². The predicted molar refractivity (Wildman–Crippen MR) is 52.1 cm³/mol. The Bertz CT molecular complexity index is 394. The first-order valence-corrected chi connectivity index (χ1v) is 4.90. The van der Waals surface area contributed by atoms with Crippen LogP contribution < -0.4 is 0 Å². The van der Waals surface area contributed by atoms with Crippen LogP contribution in [-0.2, 0) is 0 Å². The van der Waals surface area contributed by atoms with E-state index in [9.17, 15) is 0 Å². The molecule has 0 fully saturated rings. The van der Waals surface area contributed by atoms with E-state index >= 15 is 0 Å². The molecule has 1 nitrogen and oxygen atoms in total. The van der Waals surface area contributed by atoms with Crippen LogP contribution in [0, 0.1) is 6.92 Å². The van der Waals surface area contributed by atoms with Crippen LogP contribution in [-0.4, -0.2) is 4.98 Å². The topological polar surface area (TPSA) is 12.9 Å². The molecule has 0 N–H and O–H groups in total. The fourth-order valence-electron chi connectivity index (χ4n) is 1.03. The third-order valence-electron chi connectivity index (χ3n) is 1.47. The summed E-state index contributed by atoms with van der Waals surface area (Å²) < 4.78 is 2.38. The van der Waals surface area contributed by atoms with Crippen molar-refractivity contribution in [3.63, 3.8) is 0 Å². The van der Waals surface area contributed by atoms with Gasteiger partial charge in [-0.2, -0.15) is 0 Å². The molecule has 0 atom stereocenters. The van der Waals surface area contributed by atoms with E-state index in [1.165, 1.54) is 4.70 Å². The molecule has 0 unspecified atom stereocenters. The molecule has 0 bridgehead atoms. The van der Waals surface area contributed by atoms with Gasteiger partial charge in [-0.05, 0) is 35.0 Å². The maximum Gasteiger partial charge on any atom is 0.0908 e. The van der Waals surface area contributed by atoms with Crippen molar-refractivity contribution in [3.8, 4) is 0 Å². The number of halogens is 1. The van der Waals surface area contributed by atoms with Crippen molar-refractivity contribution in [3.05, 3.63) is 27.7 Å². The lowest BCUT2D eigenvalue weighted by Gasteiger charge is -1.88. The Hall–Kier alpha value is -0.410. The third-order valence-corrected chi connectivity index (χ3v) is 3.42. The van der Waals surface area contributed by atoms with Crippen molar-refractivity contribution in [1.29, 1.82) is 0 Å². The van der Waals surface area contributed by atoms with Gasteiger partial charge in [-0.15, -0.1) is 11.3 Å². The number of aromatic nitrogens is 1. The Morgan fingerprint density at radius 1 is 1.45 bits per heavy atom. The largest absolute Gasteiger partial charge is 0.241 e. The number of benzene rings is 1. The van der Waals surface area contributed by atoms with Crippen LogP contribution in [0.15, 0.2) is 22.7 Å². The Labute approximate surface area is 77.2 Å². The molecule has 1 aromatic heterocycles. The van der Waals surface area contributed by atoms with Crippen LogP contribution in [0.25, 0.3) is 10.2 Å². The predicted octanol–water partition coefficient (Wildman–Crippen LogP) is 3.37. The van der Waals surface area contributed by atoms with Gasteiger partial charge < -0.3 is 0 Å². The number of aryl methyl sites for hydroxylation is 1. The molecule has 2 aromatic rings. The minimum atomic E-state index is 1.09. The molecule has 2 rings (SSSR count). The van der Waals surface area contributed by atoms with Crippen molar-refractivity contribution < 1.29 is 0 Å². The monoisotopic (exact) mass is 227 g/mol. The lowest BCUT2D eigenvalue weighted by atomic mass is 10.3. The molecule has 1 aromatic carbocycles. The summed E-state index contributed by atoms with van der Waals surface area (Å²) in [5.41, 5.74) is 1.09. The van der Waals surface area contributed by atoms with Crippen molar-refractivity contribution in [2.45, 2.75) is 6.92 Å². The number of hydrogen-bond donors (Lipinski definition) is 0. The van der Waals surface area contributed by atoms with Gasteiger partial charge >= 0.3 is 0 Å². The Kier molecular flexibility index (Phi) is 1.69. The van der Waals surface area contributed by atoms with E-state index in [4.69, 9.17) is 0 Å². The Morgan fingerprint density at radius 3 is 3.00 bits per heavy atom. The summed E-state index contributed by atoms with van der Waals surface area (Å²) in [6.45, 7) is 2.02. The highest BCUT2D eigenvalue weighted by Crippen LogP contribution is 2.28. The summed E-state index contributed by atoms with van der Waals surface area (Å²) in [6.07, 6.45) is 0. The molecule has 56 valence electrons. The highest BCUT2D eigenvalue weighted by Gasteiger charge is 2.01. The SMILES string of the molecule is Cc1nc2cccc(Br)c2s1. The first-order chi connectivity index (χ1) is 5.27. The zero-order valence-electron chi connectivity index (χ0n) is 5.97. The molecule has 0 radical (unpaired) electrons. The second-order valence-corrected chi connectivity index (χ2v) is 4.38. The summed E-state index contributed by atoms with van der Waals surface area (Å²) in [4.78, 5) is 4.36. The van der Waals surface area contributed by atoms with E-state index in [2.05, 4.69) is 20.9 Å². The fourth-order valence-corrected chi connectivity index (χ4v) is 2.45. The van der Waals surface area contributed by atoms with Crippen LogP contribution in [0.3, 0.4) is 0 Å². The standard InChI is InChI=1S/C8H6BrNS/c1-5-10-7-4-2-3-6(9)8(7)11-5/h2-4H,1H3. The van der Waals surface area contributed by atoms with Gasteiger partial charge in [-0.1, -0.05) is 6.07 Å². The molecule has 0 aliphatic rings. The molecule has 0 amide bonds. The molecular weight excluding hydrogens is 222 g/mol. The van der Waals surface area contributed by atoms with Crippen molar-refractivity contribution in [1.82, 2.24) is 4.98 Å². The van der Waals surface area contributed by atoms with Gasteiger partial charge in [0.1, 0.15) is 0 Å². The number of nitrogens with zero attached hydrogens (tertiary/aromatic N) is 1. The lowest BCUT2D eigenvalue weighted by Crippen LogP contribution is -1.67. The second kappa shape index (κ2) is 2.57. The number of rotatable bonds is 0. The lowest BCUT2D eigenvalue weighted by molar-refractivity contribution is 1.35. The van der Waals surface area contributed by atoms with Crippen molar-refractivity contribution in [2.24, 2.45) is 0 Å². The Morgan fingerprint density at radius 2 is 2.27 bits per heavy atom. The molecule has 0 saturated carbocycles. The van der Waals surface area contributed by atoms with Gasteiger partial charge in [-0.3, -0.25) is 0 Å². The molecular formula is C8H6BrNS. The smallest absolute Gasteiger partial charge is 0.0908 e. The number of fused-ring (bicyclic) bond motifs is 1. The minimum Gasteiger partial charge on any atom is -0.241 e. The van der Waals surface area contributed by atoms with Crippen molar-refractivity contribution in [2.75, 3.05) is 0 Å². The second-order valence-electron chi connectivity index (χ2n) is 2.32. The zero-order chi connectivity index (χ0) is 7.84. The first-order valence-electron chi connectivity index (χ1n) is 3.29. The van der Waals surface area contributed by atoms with Crippen LogP contribution in [0.2, 0.25) is 0 Å². The van der Waals surface area contributed by atoms with E-state index in [1.807, 2.05) is 25.1 Å². The van der Waals surface area contributed by atoms with Crippen LogP contribution >= 0.6 is 27.3 Å². The summed E-state index contributed by atoms with van der Waals surface area (Å²) >= 11 is 5.20. The van der Waals surface area contributed by atoms with Crippen LogP contribution in [0.4, 0.5) is 0 Å². The van der Waals surface area contributed by atoms with Gasteiger partial charge in [-0.25, -0.2) is 4.98 Å². The summed E-state index contributed by atoms with van der Waals surface area (Å²) in [5.74, 6) is 0. The van der Waals surface area contributed by atoms with Crippen LogP contribution in [0.5, 0.6) is 0 Å². The third kappa shape index (κ3) is 1.19. The average Bonchev–Trinajstić information content (AvgIpc) is 2.31. The minimum absolute atomic E-state index is 1.09. The maximum absolute atomic E-state index is 4.36. The summed E-state index contributed by atoms with van der Waals surface area (Å²) in [6, 6.07) is 6.08. The van der Waals surface area contributed by atoms with Crippen LogP contribution in [0.1, 0.15) is 5.01 Å². The molecule has 0 spiro atoms. The molecule has 1 heterocycles. The van der Waals surface area contributed by atoms with E-state index in [-0.39, 0.29) is 0 Å². The average molecular weight is 228 g/mol. The molecule has 0 aliphatic heterocycles. The van der Waals surface area contributed by atoms with E-state index in [0.29, 0.717) is 0 Å². The van der Waals surface area contributed by atoms with Crippen molar-refractivity contribution >= 4 is 37.5 Å². The van der Waals surface area contributed by atoms with Gasteiger partial charge in [0, 0.05) is 4.47 Å². The fraction of sp³-hybridized carbons (Fsp3) is 0.125. The highest BCUT2D eigenvalue weighted by atomic mass is 79.9. The highest BCUT2D eigenvalue weighted by molar-refractivity contribution is 9.10. The molecule has 0 aliphatic carbocycles. The number of thiazole rings is 1. The van der Waals surface area contributed by atoms with E-state index < -0.39 is 0 Å². The van der Waals surface area contributed by atoms with E-state index in [0.717, 1.165) is 15.0 Å². The molecule has 0 saturated heterocycles. The van der Waals surface area contributed by atoms with Gasteiger partial charge in [0.2, 0.25) is 0 Å². The zero-order valence-corrected chi connectivity index (χ0v) is 8.37. The Balaban J connectivity index is 2.90. The molecule has 3 heteroatoms. The first kappa shape index (κ1) is 7.25. The van der Waals surface area contributed by atoms with Gasteiger partial charge in [0.25, 0.3) is 0 Å². The number of hydrogen-bond acceptors (Lipinski definition) is 2.